The van der Waals surface area contributed by atoms with E-state index in [9.17, 15) is 74.6 Å². The maximum absolute atomic E-state index is 14.9. The highest BCUT2D eigenvalue weighted by Gasteiger charge is 2.60. The van der Waals surface area contributed by atoms with Crippen LogP contribution in [0.1, 0.15) is 420 Å². The maximum atomic E-state index is 14.9. The number of aliphatic hydroxyl groups is 9. The number of aliphatic hydroxyl groups excluding tert-OH is 9. The first-order valence-electron chi connectivity index (χ1n) is 48.3. The molecule has 2 saturated heterocycles. The van der Waals surface area contributed by atoms with Crippen LogP contribution in [-0.2, 0) is 70.7 Å². The zero-order chi connectivity index (χ0) is 86.9. The number of ether oxygens (including phenoxy) is 8. The zero-order valence-corrected chi connectivity index (χ0v) is 75.7. The molecule has 25 nitrogen and oxygen atoms in total. The van der Waals surface area contributed by atoms with Crippen LogP contribution in [0.2, 0.25) is 0 Å². The second-order valence-corrected chi connectivity index (χ2v) is 36.3. The summed E-state index contributed by atoms with van der Waals surface area (Å²) in [5.41, 5.74) is 0. The molecule has 2 aliphatic heterocycles. The number of hydrogen-bond donors (Lipinski definition) is 10. The van der Waals surface area contributed by atoms with E-state index in [0.29, 0.717) is 44.4 Å². The van der Waals surface area contributed by atoms with E-state index < -0.39 is 162 Å². The first-order valence-corrected chi connectivity index (χ1v) is 49.8. The predicted octanol–water partition coefficient (Wildman–Crippen LogP) is 18.2. The SMILES string of the molecule is CCCCCCCC/C=C\CCCCCC(=O)OC(COC(=O)CCCCCCCCCCCCCCCCCC)COP(=O)(O)OC1C(OC2OC(CO)C(O)C(O)C2O)C(O)C(O)C(OC(=O)CCCCCCCCC(C)CCCCCCCC)C1OC1OC(COC(=O)CCCCCCCCCCCCCCCCC)C(O)C(O)C1O. The smallest absolute Gasteiger partial charge is 0.463 e. The molecule has 1 aliphatic carbocycles. The standard InChI is InChI=1S/C93H173O25P/c1-6-10-14-18-22-25-28-31-33-35-38-39-42-45-52-58-64-76(95)109-69-73(112-78(97)66-60-54-47-44-41-36-30-27-24-20-16-12-8-3)70-111-119(107,108)118-91-89(116-92-86(105)82(101)80(99)74(68-94)113-92)85(104)84(103)88(115-79(98)67-61-55-49-48-51-57-63-72(5)62-56-50-21-17-13-9-4)90(91)117-93-87(106)83(102)81(100)75(114-93)71-110-77(96)65-59-53-46-43-40-37-34-32-29-26-23-19-15-11-7-2/h36,41,72-75,80-94,99-106H,6-35,37-40,42-71H2,1-5H3,(H,107,108)/b41-36-. The Balaban J connectivity index is 1.92. The number of allylic oxidation sites excluding steroid dienone is 2. The van der Waals surface area contributed by atoms with Crippen molar-refractivity contribution in [3.63, 3.8) is 0 Å². The van der Waals surface area contributed by atoms with Crippen LogP contribution < -0.4 is 0 Å². The number of carbonyl (C=O) groups excluding carboxylic acids is 4. The molecule has 2 heterocycles. The Morgan fingerprint density at radius 1 is 0.353 bits per heavy atom. The summed E-state index contributed by atoms with van der Waals surface area (Å²) >= 11 is 0. The minimum Gasteiger partial charge on any atom is -0.463 e. The van der Waals surface area contributed by atoms with Gasteiger partial charge in [0.05, 0.1) is 13.2 Å². The highest BCUT2D eigenvalue weighted by molar-refractivity contribution is 7.47. The third-order valence-electron chi connectivity index (χ3n) is 23.9. The Morgan fingerprint density at radius 3 is 1.09 bits per heavy atom. The van der Waals surface area contributed by atoms with Gasteiger partial charge in [0, 0.05) is 25.7 Å². The lowest BCUT2D eigenvalue weighted by atomic mass is 9.84. The normalized spacial score (nSPS) is 25.1. The minimum atomic E-state index is -5.81. The highest BCUT2D eigenvalue weighted by Crippen LogP contribution is 2.49. The molecule has 19 unspecified atom stereocenters. The molecule has 0 amide bonds. The van der Waals surface area contributed by atoms with Crippen molar-refractivity contribution < 1.29 is 122 Å². The van der Waals surface area contributed by atoms with Gasteiger partial charge in [0.25, 0.3) is 0 Å². The fraction of sp³-hybridized carbons (Fsp3) is 0.935. The molecule has 0 aromatic carbocycles. The number of rotatable bonds is 78. The van der Waals surface area contributed by atoms with Crippen molar-refractivity contribution in [3.8, 4) is 0 Å². The molecule has 3 fully saturated rings. The summed E-state index contributed by atoms with van der Waals surface area (Å²) in [5.74, 6) is -2.34. The largest absolute Gasteiger partial charge is 0.472 e. The van der Waals surface area contributed by atoms with Gasteiger partial charge >= 0.3 is 31.7 Å². The van der Waals surface area contributed by atoms with Crippen LogP contribution >= 0.6 is 7.82 Å². The summed E-state index contributed by atoms with van der Waals surface area (Å²) < 4.78 is 73.5. The molecule has 700 valence electrons. The molecular formula is C93H173O25P. The molecule has 119 heavy (non-hydrogen) atoms. The molecule has 0 aromatic heterocycles. The van der Waals surface area contributed by atoms with E-state index in [0.717, 1.165) is 122 Å². The summed E-state index contributed by atoms with van der Waals surface area (Å²) in [5, 5.41) is 102. The molecule has 1 saturated carbocycles. The molecular weight excluding hydrogens is 1550 g/mol. The molecule has 0 spiro atoms. The number of phosphoric acid groups is 1. The lowest BCUT2D eigenvalue weighted by Gasteiger charge is -2.50. The van der Waals surface area contributed by atoms with Crippen LogP contribution in [0.15, 0.2) is 12.2 Å². The predicted molar refractivity (Wildman–Crippen MR) is 463 cm³/mol. The van der Waals surface area contributed by atoms with Gasteiger partial charge < -0.3 is 88.7 Å². The lowest BCUT2D eigenvalue weighted by molar-refractivity contribution is -0.360. The molecule has 19 atom stereocenters. The summed E-state index contributed by atoms with van der Waals surface area (Å²) in [4.78, 5) is 66.6. The van der Waals surface area contributed by atoms with Crippen LogP contribution in [0.3, 0.4) is 0 Å². The van der Waals surface area contributed by atoms with Gasteiger partial charge in [0.15, 0.2) is 24.8 Å². The van der Waals surface area contributed by atoms with Gasteiger partial charge in [-0.2, -0.15) is 0 Å². The Labute approximate surface area is 718 Å². The Bertz CT molecular complexity index is 2530. The van der Waals surface area contributed by atoms with Crippen molar-refractivity contribution in [2.45, 2.75) is 524 Å². The summed E-state index contributed by atoms with van der Waals surface area (Å²) in [6, 6.07) is 0. The van der Waals surface area contributed by atoms with Gasteiger partial charge in [-0.3, -0.25) is 28.2 Å². The lowest BCUT2D eigenvalue weighted by Crippen LogP contribution is -2.70. The molecule has 3 rings (SSSR count). The van der Waals surface area contributed by atoms with E-state index >= 15 is 0 Å². The van der Waals surface area contributed by atoms with Crippen LogP contribution in [0.5, 0.6) is 0 Å². The van der Waals surface area contributed by atoms with Gasteiger partial charge in [0.1, 0.15) is 92.6 Å². The third kappa shape index (κ3) is 51.6. The summed E-state index contributed by atoms with van der Waals surface area (Å²) in [6.45, 7) is 7.91. The van der Waals surface area contributed by atoms with Crippen molar-refractivity contribution >= 4 is 31.7 Å². The number of phosphoric ester groups is 1. The first kappa shape index (κ1) is 110. The van der Waals surface area contributed by atoms with Crippen LogP contribution in [0, 0.1) is 5.92 Å². The average Bonchev–Trinajstić information content (AvgIpc) is 0.754. The summed E-state index contributed by atoms with van der Waals surface area (Å²) in [7, 11) is -5.81. The topological polar surface area (TPSA) is 380 Å². The molecule has 0 radical (unpaired) electrons. The van der Waals surface area contributed by atoms with Crippen LogP contribution in [0.4, 0.5) is 0 Å². The first-order chi connectivity index (χ1) is 57.6. The number of hydrogen-bond acceptors (Lipinski definition) is 24. The van der Waals surface area contributed by atoms with Crippen molar-refractivity contribution in [1.82, 2.24) is 0 Å². The Hall–Kier alpha value is -2.79. The van der Waals surface area contributed by atoms with Gasteiger partial charge in [0.2, 0.25) is 0 Å². The van der Waals surface area contributed by atoms with E-state index in [1.54, 1.807) is 0 Å². The van der Waals surface area contributed by atoms with E-state index in [2.05, 4.69) is 46.8 Å². The molecule has 0 aromatic rings. The van der Waals surface area contributed by atoms with Crippen molar-refractivity contribution in [3.05, 3.63) is 12.2 Å². The van der Waals surface area contributed by atoms with Crippen molar-refractivity contribution in [2.24, 2.45) is 5.92 Å². The minimum absolute atomic E-state index is 0.0179. The van der Waals surface area contributed by atoms with Crippen LogP contribution in [0.25, 0.3) is 0 Å². The van der Waals surface area contributed by atoms with Gasteiger partial charge in [-0.15, -0.1) is 0 Å². The maximum Gasteiger partial charge on any atom is 0.472 e. The van der Waals surface area contributed by atoms with E-state index in [-0.39, 0.29) is 25.7 Å². The van der Waals surface area contributed by atoms with E-state index in [1.807, 2.05) is 0 Å². The fourth-order valence-corrected chi connectivity index (χ4v) is 17.1. The van der Waals surface area contributed by atoms with Gasteiger partial charge in [-0.1, -0.05) is 355 Å². The van der Waals surface area contributed by atoms with Gasteiger partial charge in [-0.05, 0) is 57.3 Å². The van der Waals surface area contributed by atoms with Gasteiger partial charge in [-0.25, -0.2) is 4.57 Å². The molecule has 3 aliphatic rings. The van der Waals surface area contributed by atoms with Crippen molar-refractivity contribution in [2.75, 3.05) is 26.4 Å². The van der Waals surface area contributed by atoms with E-state index in [4.69, 9.17) is 46.9 Å². The Kier molecular flexibility index (Phi) is 66.1. The second kappa shape index (κ2) is 71.3. The quantitative estimate of drug-likeness (QED) is 0.00889. The fourth-order valence-electron chi connectivity index (χ4n) is 16.1. The molecule has 10 N–H and O–H groups in total. The number of carbonyl (C=O) groups is 4. The number of unbranched alkanes of at least 4 members (excludes halogenated alkanes) is 48. The van der Waals surface area contributed by atoms with Crippen LogP contribution in [-0.4, -0.2) is 205 Å². The Morgan fingerprint density at radius 2 is 0.681 bits per heavy atom. The highest BCUT2D eigenvalue weighted by atomic mass is 31.2. The van der Waals surface area contributed by atoms with Crippen molar-refractivity contribution in [1.29, 1.82) is 0 Å². The molecule has 0 bridgehead atoms. The summed E-state index contributed by atoms with van der Waals surface area (Å²) in [6.07, 6.45) is 29.2. The zero-order valence-electron chi connectivity index (χ0n) is 74.8. The van der Waals surface area contributed by atoms with E-state index in [1.165, 1.54) is 199 Å². The second-order valence-electron chi connectivity index (χ2n) is 34.9. The third-order valence-corrected chi connectivity index (χ3v) is 24.9. The molecule has 26 heteroatoms. The average molecular weight is 1720 g/mol. The monoisotopic (exact) mass is 1720 g/mol. The number of esters is 4.